The van der Waals surface area contributed by atoms with Crippen molar-refractivity contribution in [3.8, 4) is 0 Å². The van der Waals surface area contributed by atoms with Crippen LogP contribution in [0, 0.1) is 5.41 Å². The highest BCUT2D eigenvalue weighted by molar-refractivity contribution is 6.31. The Kier molecular flexibility index (Phi) is 4.63. The van der Waals surface area contributed by atoms with Crippen LogP contribution in [0.4, 0.5) is 0 Å². The highest BCUT2D eigenvalue weighted by atomic mass is 35.5. The Morgan fingerprint density at radius 1 is 1.27 bits per heavy atom. The van der Waals surface area contributed by atoms with E-state index in [1.807, 2.05) is 29.2 Å². The number of amidine groups is 1. The van der Waals surface area contributed by atoms with E-state index in [0.29, 0.717) is 12.3 Å². The molecule has 0 atom stereocenters. The molecule has 0 unspecified atom stereocenters. The van der Waals surface area contributed by atoms with Crippen LogP contribution in [0.3, 0.4) is 0 Å². The highest BCUT2D eigenvalue weighted by Gasteiger charge is 2.08. The zero-order chi connectivity index (χ0) is 11.3. The summed E-state index contributed by atoms with van der Waals surface area (Å²) < 4.78 is 0. The SMILES string of the molecule is CCN(CC)C(=N)Cc1ccccc1Cl. The molecule has 0 radical (unpaired) electrons. The van der Waals surface area contributed by atoms with Crippen LogP contribution >= 0.6 is 11.6 Å². The van der Waals surface area contributed by atoms with Crippen LogP contribution in [0.1, 0.15) is 19.4 Å². The zero-order valence-electron chi connectivity index (χ0n) is 9.26. The molecule has 1 N–H and O–H groups in total. The van der Waals surface area contributed by atoms with E-state index in [4.69, 9.17) is 17.0 Å². The monoisotopic (exact) mass is 224 g/mol. The van der Waals surface area contributed by atoms with E-state index >= 15 is 0 Å². The van der Waals surface area contributed by atoms with Gasteiger partial charge in [-0.25, -0.2) is 0 Å². The Labute approximate surface area is 96.4 Å². The van der Waals surface area contributed by atoms with E-state index in [9.17, 15) is 0 Å². The first-order chi connectivity index (χ1) is 7.19. The van der Waals surface area contributed by atoms with Crippen molar-refractivity contribution in [2.75, 3.05) is 13.1 Å². The van der Waals surface area contributed by atoms with Crippen LogP contribution in [0.25, 0.3) is 0 Å². The standard InChI is InChI=1S/C12H17ClN2/c1-3-15(4-2)12(14)9-10-7-5-6-8-11(10)13/h5-8,14H,3-4,9H2,1-2H3. The molecule has 0 amide bonds. The van der Waals surface area contributed by atoms with Gasteiger partial charge < -0.3 is 4.90 Å². The number of benzene rings is 1. The maximum atomic E-state index is 7.95. The minimum atomic E-state index is 0.612. The molecule has 0 spiro atoms. The second-order valence-corrected chi connectivity index (χ2v) is 3.79. The van der Waals surface area contributed by atoms with Crippen molar-refractivity contribution >= 4 is 17.4 Å². The Bertz CT molecular complexity index is 332. The molecule has 15 heavy (non-hydrogen) atoms. The lowest BCUT2D eigenvalue weighted by Crippen LogP contribution is -2.31. The summed E-state index contributed by atoms with van der Waals surface area (Å²) in [7, 11) is 0. The third-order valence-corrected chi connectivity index (χ3v) is 2.83. The van der Waals surface area contributed by atoms with Crippen LogP contribution in [0.15, 0.2) is 24.3 Å². The smallest absolute Gasteiger partial charge is 0.100 e. The number of hydrogen-bond acceptors (Lipinski definition) is 1. The molecule has 0 aliphatic rings. The van der Waals surface area contributed by atoms with E-state index in [2.05, 4.69) is 13.8 Å². The largest absolute Gasteiger partial charge is 0.361 e. The van der Waals surface area contributed by atoms with Crippen molar-refractivity contribution < 1.29 is 0 Å². The molecule has 3 heteroatoms. The minimum Gasteiger partial charge on any atom is -0.361 e. The fraction of sp³-hybridized carbons (Fsp3) is 0.417. The molecule has 0 aliphatic heterocycles. The first kappa shape index (κ1) is 12.1. The second-order valence-electron chi connectivity index (χ2n) is 3.39. The van der Waals surface area contributed by atoms with E-state index in [0.717, 1.165) is 23.7 Å². The van der Waals surface area contributed by atoms with Gasteiger partial charge in [-0.2, -0.15) is 0 Å². The Balaban J connectivity index is 2.70. The quantitative estimate of drug-likeness (QED) is 0.617. The third-order valence-electron chi connectivity index (χ3n) is 2.46. The molecule has 2 nitrogen and oxygen atoms in total. The zero-order valence-corrected chi connectivity index (χ0v) is 10.0. The molecule has 1 aromatic carbocycles. The van der Waals surface area contributed by atoms with E-state index in [-0.39, 0.29) is 0 Å². The summed E-state index contributed by atoms with van der Waals surface area (Å²) in [5.41, 5.74) is 1.02. The molecule has 0 saturated heterocycles. The van der Waals surface area contributed by atoms with Gasteiger partial charge in [-0.15, -0.1) is 0 Å². The van der Waals surface area contributed by atoms with Crippen molar-refractivity contribution in [1.82, 2.24) is 4.90 Å². The lowest BCUT2D eigenvalue weighted by molar-refractivity contribution is 0.455. The first-order valence-corrected chi connectivity index (χ1v) is 5.62. The van der Waals surface area contributed by atoms with E-state index in [1.54, 1.807) is 0 Å². The predicted octanol–water partition coefficient (Wildman–Crippen LogP) is 3.20. The maximum absolute atomic E-state index is 7.95. The predicted molar refractivity (Wildman–Crippen MR) is 65.8 cm³/mol. The Morgan fingerprint density at radius 2 is 1.87 bits per heavy atom. The number of nitrogens with one attached hydrogen (secondary N) is 1. The Hall–Kier alpha value is -1.02. The van der Waals surface area contributed by atoms with Gasteiger partial charge in [-0.3, -0.25) is 5.41 Å². The van der Waals surface area contributed by atoms with Crippen LogP contribution in [-0.4, -0.2) is 23.8 Å². The molecular formula is C12H17ClN2. The van der Waals surface area contributed by atoms with Gasteiger partial charge in [0, 0.05) is 24.5 Å². The van der Waals surface area contributed by atoms with Gasteiger partial charge in [0.25, 0.3) is 0 Å². The molecule has 0 heterocycles. The van der Waals surface area contributed by atoms with Crippen LogP contribution in [-0.2, 0) is 6.42 Å². The molecule has 1 aromatic rings. The molecule has 0 fully saturated rings. The molecule has 0 aliphatic carbocycles. The van der Waals surface area contributed by atoms with E-state index < -0.39 is 0 Å². The average molecular weight is 225 g/mol. The number of halogens is 1. The first-order valence-electron chi connectivity index (χ1n) is 5.24. The topological polar surface area (TPSA) is 27.1 Å². The van der Waals surface area contributed by atoms with Crippen molar-refractivity contribution in [3.05, 3.63) is 34.9 Å². The van der Waals surface area contributed by atoms with Gasteiger partial charge in [0.05, 0.1) is 0 Å². The van der Waals surface area contributed by atoms with Crippen LogP contribution in [0.2, 0.25) is 5.02 Å². The van der Waals surface area contributed by atoms with Gasteiger partial charge in [0.2, 0.25) is 0 Å². The fourth-order valence-electron chi connectivity index (χ4n) is 1.54. The Morgan fingerprint density at radius 3 is 2.40 bits per heavy atom. The molecule has 82 valence electrons. The number of rotatable bonds is 4. The van der Waals surface area contributed by atoms with Gasteiger partial charge in [0.1, 0.15) is 5.84 Å². The summed E-state index contributed by atoms with van der Waals surface area (Å²) in [4.78, 5) is 2.03. The van der Waals surface area contributed by atoms with Crippen LogP contribution in [0.5, 0.6) is 0 Å². The van der Waals surface area contributed by atoms with Gasteiger partial charge >= 0.3 is 0 Å². The van der Waals surface area contributed by atoms with Crippen molar-refractivity contribution in [2.45, 2.75) is 20.3 Å². The highest BCUT2D eigenvalue weighted by Crippen LogP contribution is 2.16. The normalized spacial score (nSPS) is 10.1. The van der Waals surface area contributed by atoms with Gasteiger partial charge in [-0.05, 0) is 25.5 Å². The van der Waals surface area contributed by atoms with E-state index in [1.165, 1.54) is 0 Å². The van der Waals surface area contributed by atoms with Crippen molar-refractivity contribution in [1.29, 1.82) is 5.41 Å². The lowest BCUT2D eigenvalue weighted by atomic mass is 10.1. The molecule has 0 bridgehead atoms. The summed E-state index contributed by atoms with van der Waals surface area (Å²) in [5.74, 6) is 0.633. The summed E-state index contributed by atoms with van der Waals surface area (Å²) in [5, 5.41) is 8.69. The fourth-order valence-corrected chi connectivity index (χ4v) is 1.74. The van der Waals surface area contributed by atoms with Crippen molar-refractivity contribution in [3.63, 3.8) is 0 Å². The van der Waals surface area contributed by atoms with Crippen molar-refractivity contribution in [2.24, 2.45) is 0 Å². The number of likely N-dealkylation sites (N-methyl/N-ethyl adjacent to an activating group) is 1. The lowest BCUT2D eigenvalue weighted by Gasteiger charge is -2.21. The average Bonchev–Trinajstić information content (AvgIpc) is 2.23. The third kappa shape index (κ3) is 3.24. The molecule has 1 rings (SSSR count). The molecule has 0 aromatic heterocycles. The maximum Gasteiger partial charge on any atom is 0.100 e. The summed E-state index contributed by atoms with van der Waals surface area (Å²) >= 11 is 6.04. The summed E-state index contributed by atoms with van der Waals surface area (Å²) in [6.07, 6.45) is 0.612. The molecule has 0 saturated carbocycles. The number of nitrogens with zero attached hydrogens (tertiary/aromatic N) is 1. The summed E-state index contributed by atoms with van der Waals surface area (Å²) in [6.45, 7) is 5.87. The minimum absolute atomic E-state index is 0.612. The molecular weight excluding hydrogens is 208 g/mol. The van der Waals surface area contributed by atoms with Crippen LogP contribution < -0.4 is 0 Å². The number of hydrogen-bond donors (Lipinski definition) is 1. The summed E-state index contributed by atoms with van der Waals surface area (Å²) in [6, 6.07) is 7.70. The van der Waals surface area contributed by atoms with Gasteiger partial charge in [-0.1, -0.05) is 29.8 Å². The second kappa shape index (κ2) is 5.76. The van der Waals surface area contributed by atoms with Gasteiger partial charge in [0.15, 0.2) is 0 Å².